The van der Waals surface area contributed by atoms with Gasteiger partial charge in [0.1, 0.15) is 12.4 Å². The van der Waals surface area contributed by atoms with Crippen molar-refractivity contribution < 1.29 is 28.6 Å². The van der Waals surface area contributed by atoms with Crippen LogP contribution < -0.4 is 9.64 Å². The Bertz CT molecular complexity index is 1300. The van der Waals surface area contributed by atoms with Crippen molar-refractivity contribution in [3.63, 3.8) is 0 Å². The molecule has 0 radical (unpaired) electrons. The molecule has 0 fully saturated rings. The fraction of sp³-hybridized carbons (Fsp3) is 0.344. The van der Waals surface area contributed by atoms with Crippen molar-refractivity contribution in [2.24, 2.45) is 5.92 Å². The van der Waals surface area contributed by atoms with Crippen molar-refractivity contribution >= 4 is 23.4 Å². The van der Waals surface area contributed by atoms with E-state index in [-0.39, 0.29) is 17.6 Å². The summed E-state index contributed by atoms with van der Waals surface area (Å²) in [6.07, 6.45) is 1.16. The first kappa shape index (κ1) is 27.9. The Kier molecular flexibility index (Phi) is 8.69. The fourth-order valence-corrected chi connectivity index (χ4v) is 4.93. The lowest BCUT2D eigenvalue weighted by Gasteiger charge is -2.40. The van der Waals surface area contributed by atoms with E-state index in [2.05, 4.69) is 24.8 Å². The van der Waals surface area contributed by atoms with Crippen LogP contribution in [0.5, 0.6) is 5.75 Å². The smallest absolute Gasteiger partial charge is 0.320 e. The first-order chi connectivity index (χ1) is 18.7. The van der Waals surface area contributed by atoms with Gasteiger partial charge in [-0.15, -0.1) is 0 Å². The van der Waals surface area contributed by atoms with E-state index in [9.17, 15) is 14.4 Å². The van der Waals surface area contributed by atoms with Gasteiger partial charge in [-0.2, -0.15) is 0 Å². The van der Waals surface area contributed by atoms with Crippen LogP contribution in [0.4, 0.5) is 5.69 Å². The normalized spacial score (nSPS) is 13.9. The summed E-state index contributed by atoms with van der Waals surface area (Å²) in [6, 6.07) is 22.7. The van der Waals surface area contributed by atoms with E-state index in [1.807, 2.05) is 66.7 Å². The molecule has 3 aromatic carbocycles. The molecule has 0 aliphatic carbocycles. The number of anilines is 1. The molecule has 0 amide bonds. The van der Waals surface area contributed by atoms with Gasteiger partial charge in [0.05, 0.1) is 20.8 Å². The molecule has 0 saturated heterocycles. The zero-order valence-electron chi connectivity index (χ0n) is 22.9. The lowest BCUT2D eigenvalue weighted by Crippen LogP contribution is -2.39. The molecule has 0 bridgehead atoms. The van der Waals surface area contributed by atoms with Crippen LogP contribution in [0.3, 0.4) is 0 Å². The van der Waals surface area contributed by atoms with E-state index in [0.29, 0.717) is 30.0 Å². The van der Waals surface area contributed by atoms with Gasteiger partial charge in [-0.1, -0.05) is 56.3 Å². The minimum atomic E-state index is -1.00. The summed E-state index contributed by atoms with van der Waals surface area (Å²) in [5, 5.41) is 0. The summed E-state index contributed by atoms with van der Waals surface area (Å²) in [5.74, 6) is -1.51. The predicted octanol–water partition coefficient (Wildman–Crippen LogP) is 4.99. The standard InChI is InChI=1S/C32H35NO6/c1-32(2)16-17-33(28-15-12-24(21-27(28)32)29(34)23-8-6-5-7-9-23)18-19-39-25-13-10-22(11-14-25)20-26(30(35)37-3)31(36)38-4/h5-15,21,26H,16-20H2,1-4H3. The Hall–Kier alpha value is -4.13. The van der Waals surface area contributed by atoms with Crippen LogP contribution in [-0.4, -0.2) is 51.6 Å². The molecule has 0 aromatic heterocycles. The fourth-order valence-electron chi connectivity index (χ4n) is 4.93. The number of hydrogen-bond donors (Lipinski definition) is 0. The van der Waals surface area contributed by atoms with Crippen LogP contribution in [0.1, 0.15) is 47.3 Å². The Balaban J connectivity index is 1.40. The third-order valence-electron chi connectivity index (χ3n) is 7.34. The van der Waals surface area contributed by atoms with Gasteiger partial charge in [-0.25, -0.2) is 0 Å². The van der Waals surface area contributed by atoms with Gasteiger partial charge in [0.25, 0.3) is 0 Å². The summed E-state index contributed by atoms with van der Waals surface area (Å²) in [6.45, 7) is 6.53. The molecule has 1 aliphatic heterocycles. The summed E-state index contributed by atoms with van der Waals surface area (Å²) < 4.78 is 15.5. The minimum absolute atomic E-state index is 0.0302. The topological polar surface area (TPSA) is 82.1 Å². The highest BCUT2D eigenvalue weighted by Gasteiger charge is 2.32. The number of carbonyl (C=O) groups excluding carboxylic acids is 3. The Labute approximate surface area is 229 Å². The molecule has 0 unspecified atom stereocenters. The summed E-state index contributed by atoms with van der Waals surface area (Å²) in [7, 11) is 2.50. The Morgan fingerprint density at radius 2 is 1.54 bits per heavy atom. The lowest BCUT2D eigenvalue weighted by atomic mass is 9.76. The molecule has 0 saturated carbocycles. The van der Waals surface area contributed by atoms with E-state index in [0.717, 1.165) is 24.2 Å². The quantitative estimate of drug-likeness (QED) is 0.208. The highest BCUT2D eigenvalue weighted by molar-refractivity contribution is 6.09. The first-order valence-corrected chi connectivity index (χ1v) is 13.1. The van der Waals surface area contributed by atoms with Gasteiger partial charge >= 0.3 is 11.9 Å². The van der Waals surface area contributed by atoms with Crippen molar-refractivity contribution in [2.75, 3.05) is 38.8 Å². The molecular formula is C32H35NO6. The molecule has 7 heteroatoms. The number of hydrogen-bond acceptors (Lipinski definition) is 7. The van der Waals surface area contributed by atoms with Gasteiger partial charge in [0.15, 0.2) is 11.7 Å². The zero-order valence-corrected chi connectivity index (χ0v) is 22.9. The van der Waals surface area contributed by atoms with Crippen molar-refractivity contribution in [1.82, 2.24) is 0 Å². The second-order valence-corrected chi connectivity index (χ2v) is 10.3. The Morgan fingerprint density at radius 3 is 2.18 bits per heavy atom. The van der Waals surface area contributed by atoms with Crippen LogP contribution in [0.25, 0.3) is 0 Å². The van der Waals surface area contributed by atoms with E-state index < -0.39 is 17.9 Å². The van der Waals surface area contributed by atoms with Crippen molar-refractivity contribution in [3.05, 3.63) is 95.1 Å². The maximum Gasteiger partial charge on any atom is 0.320 e. The highest BCUT2D eigenvalue weighted by Crippen LogP contribution is 2.40. The summed E-state index contributed by atoms with van der Waals surface area (Å²) >= 11 is 0. The van der Waals surface area contributed by atoms with Gasteiger partial charge in [-0.05, 0) is 59.7 Å². The molecule has 1 aliphatic rings. The number of carbonyl (C=O) groups is 3. The molecule has 204 valence electrons. The van der Waals surface area contributed by atoms with Gasteiger partial charge in [-0.3, -0.25) is 14.4 Å². The maximum absolute atomic E-state index is 13.1. The predicted molar refractivity (Wildman–Crippen MR) is 149 cm³/mol. The molecule has 4 rings (SSSR count). The molecular weight excluding hydrogens is 494 g/mol. The number of nitrogens with zero attached hydrogens (tertiary/aromatic N) is 1. The number of rotatable bonds is 10. The van der Waals surface area contributed by atoms with Crippen molar-refractivity contribution in [3.8, 4) is 5.75 Å². The van der Waals surface area contributed by atoms with E-state index in [4.69, 9.17) is 14.2 Å². The van der Waals surface area contributed by atoms with Gasteiger partial charge in [0, 0.05) is 23.4 Å². The van der Waals surface area contributed by atoms with Crippen molar-refractivity contribution in [2.45, 2.75) is 32.1 Å². The molecule has 0 atom stereocenters. The van der Waals surface area contributed by atoms with Crippen LogP contribution in [0.2, 0.25) is 0 Å². The number of esters is 2. The molecule has 0 spiro atoms. The maximum atomic E-state index is 13.1. The summed E-state index contributed by atoms with van der Waals surface area (Å²) in [5.41, 5.74) is 4.46. The second-order valence-electron chi connectivity index (χ2n) is 10.3. The molecule has 39 heavy (non-hydrogen) atoms. The minimum Gasteiger partial charge on any atom is -0.492 e. The van der Waals surface area contributed by atoms with Gasteiger partial charge in [0.2, 0.25) is 0 Å². The number of fused-ring (bicyclic) bond motifs is 1. The van der Waals surface area contributed by atoms with Crippen LogP contribution in [0.15, 0.2) is 72.8 Å². The first-order valence-electron chi connectivity index (χ1n) is 13.1. The molecule has 3 aromatic rings. The summed E-state index contributed by atoms with van der Waals surface area (Å²) in [4.78, 5) is 39.3. The highest BCUT2D eigenvalue weighted by atomic mass is 16.5. The van der Waals surface area contributed by atoms with Crippen LogP contribution in [0, 0.1) is 5.92 Å². The number of benzene rings is 3. The third kappa shape index (κ3) is 6.48. The number of ketones is 1. The number of methoxy groups -OCH3 is 2. The van der Waals surface area contributed by atoms with Gasteiger partial charge < -0.3 is 19.1 Å². The Morgan fingerprint density at radius 1 is 0.872 bits per heavy atom. The van der Waals surface area contributed by atoms with Crippen LogP contribution >= 0.6 is 0 Å². The molecule has 7 nitrogen and oxygen atoms in total. The third-order valence-corrected chi connectivity index (χ3v) is 7.34. The van der Waals surface area contributed by atoms with E-state index in [1.54, 1.807) is 0 Å². The second kappa shape index (κ2) is 12.2. The van der Waals surface area contributed by atoms with Crippen molar-refractivity contribution in [1.29, 1.82) is 0 Å². The average Bonchev–Trinajstić information content (AvgIpc) is 2.97. The number of ether oxygens (including phenoxy) is 3. The molecule has 0 N–H and O–H groups in total. The SMILES string of the molecule is COC(=O)C(Cc1ccc(OCCN2CCC(C)(C)c3cc(C(=O)c4ccccc4)ccc32)cc1)C(=O)OC. The largest absolute Gasteiger partial charge is 0.492 e. The average molecular weight is 530 g/mol. The van der Waals surface area contributed by atoms with E-state index >= 15 is 0 Å². The van der Waals surface area contributed by atoms with E-state index in [1.165, 1.54) is 19.8 Å². The molecule has 1 heterocycles. The monoisotopic (exact) mass is 529 g/mol. The lowest BCUT2D eigenvalue weighted by molar-refractivity contribution is -0.158. The zero-order chi connectivity index (χ0) is 28.0. The van der Waals surface area contributed by atoms with Crippen LogP contribution in [-0.2, 0) is 30.9 Å².